The lowest BCUT2D eigenvalue weighted by Crippen LogP contribution is -2.16. The summed E-state index contributed by atoms with van der Waals surface area (Å²) < 4.78 is 4.69. The number of rotatable bonds is 1. The van der Waals surface area contributed by atoms with E-state index in [-0.39, 0.29) is 11.8 Å². The first-order valence-electron chi connectivity index (χ1n) is 3.41. The fraction of sp³-hybridized carbons (Fsp3) is 0.714. The monoisotopic (exact) mass is 142 g/mol. The molecule has 0 aromatic rings. The minimum absolute atomic E-state index is 0.0764. The van der Waals surface area contributed by atoms with Gasteiger partial charge in [-0.1, -0.05) is 6.92 Å². The number of hydrogen-bond donors (Lipinski definition) is 0. The Morgan fingerprint density at radius 2 is 2.10 bits per heavy atom. The number of carbonyl (C=O) groups is 2. The molecule has 1 rings (SSSR count). The molecule has 0 N–H and O–H groups in total. The second-order valence-electron chi connectivity index (χ2n) is 2.44. The molecule has 3 nitrogen and oxygen atoms in total. The van der Waals surface area contributed by atoms with Gasteiger partial charge in [-0.05, 0) is 13.3 Å². The van der Waals surface area contributed by atoms with Crippen LogP contribution in [0.4, 0.5) is 0 Å². The highest BCUT2D eigenvalue weighted by Gasteiger charge is 2.39. The van der Waals surface area contributed by atoms with Crippen LogP contribution in [0.1, 0.15) is 20.3 Å². The molecule has 1 fully saturated rings. The summed E-state index contributed by atoms with van der Waals surface area (Å²) in [7, 11) is 0. The number of esters is 1. The van der Waals surface area contributed by atoms with Gasteiger partial charge in [-0.3, -0.25) is 9.59 Å². The van der Waals surface area contributed by atoms with Crippen molar-refractivity contribution >= 4 is 11.8 Å². The van der Waals surface area contributed by atoms with Gasteiger partial charge in [0.15, 0.2) is 11.9 Å². The molecule has 0 aromatic carbocycles. The number of Topliss-reactive ketones (excluding diaryl/α,β-unsaturated/α-hetero) is 1. The van der Waals surface area contributed by atoms with Crippen molar-refractivity contribution in [3.05, 3.63) is 0 Å². The van der Waals surface area contributed by atoms with Gasteiger partial charge in [0, 0.05) is 0 Å². The Morgan fingerprint density at radius 3 is 2.30 bits per heavy atom. The van der Waals surface area contributed by atoms with Crippen LogP contribution >= 0.6 is 0 Å². The zero-order valence-corrected chi connectivity index (χ0v) is 6.09. The van der Waals surface area contributed by atoms with Crippen LogP contribution in [0.15, 0.2) is 0 Å². The van der Waals surface area contributed by atoms with Gasteiger partial charge < -0.3 is 4.74 Å². The number of carbonyl (C=O) groups excluding carboxylic acids is 2. The van der Waals surface area contributed by atoms with Gasteiger partial charge in [-0.2, -0.15) is 0 Å². The van der Waals surface area contributed by atoms with Crippen LogP contribution in [-0.2, 0) is 14.3 Å². The van der Waals surface area contributed by atoms with Gasteiger partial charge in [0.1, 0.15) is 5.92 Å². The van der Waals surface area contributed by atoms with E-state index in [0.717, 1.165) is 0 Å². The Labute approximate surface area is 59.4 Å². The average molecular weight is 142 g/mol. The van der Waals surface area contributed by atoms with Crippen LogP contribution < -0.4 is 0 Å². The minimum Gasteiger partial charge on any atom is -0.454 e. The summed E-state index contributed by atoms with van der Waals surface area (Å²) in [6, 6.07) is 0. The SMILES string of the molecule is CC[C@H]1C(=O)O[C@@H](C)C1=O. The lowest BCUT2D eigenvalue weighted by molar-refractivity contribution is -0.143. The molecule has 0 spiro atoms. The summed E-state index contributed by atoms with van der Waals surface area (Å²) in [6.07, 6.45) is 0.0413. The maximum Gasteiger partial charge on any atom is 0.317 e. The molecule has 0 unspecified atom stereocenters. The van der Waals surface area contributed by atoms with Gasteiger partial charge in [-0.25, -0.2) is 0 Å². The van der Waals surface area contributed by atoms with Crippen LogP contribution in [0.5, 0.6) is 0 Å². The summed E-state index contributed by atoms with van der Waals surface area (Å²) in [6.45, 7) is 3.41. The van der Waals surface area contributed by atoms with E-state index in [1.165, 1.54) is 0 Å². The molecule has 1 saturated heterocycles. The van der Waals surface area contributed by atoms with Gasteiger partial charge >= 0.3 is 5.97 Å². The zero-order chi connectivity index (χ0) is 7.72. The fourth-order valence-corrected chi connectivity index (χ4v) is 1.08. The minimum atomic E-state index is -0.516. The van der Waals surface area contributed by atoms with Crippen molar-refractivity contribution in [1.82, 2.24) is 0 Å². The summed E-state index contributed by atoms with van der Waals surface area (Å²) in [5.41, 5.74) is 0. The van der Waals surface area contributed by atoms with Crippen LogP contribution in [0.3, 0.4) is 0 Å². The highest BCUT2D eigenvalue weighted by atomic mass is 16.6. The van der Waals surface area contributed by atoms with Crippen molar-refractivity contribution in [1.29, 1.82) is 0 Å². The molecule has 1 heterocycles. The van der Waals surface area contributed by atoms with Gasteiger partial charge in [0.05, 0.1) is 0 Å². The Bertz CT molecular complexity index is 174. The molecule has 0 saturated carbocycles. The quantitative estimate of drug-likeness (QED) is 0.396. The van der Waals surface area contributed by atoms with Crippen LogP contribution in [-0.4, -0.2) is 17.9 Å². The molecular formula is C7H10O3. The van der Waals surface area contributed by atoms with E-state index in [9.17, 15) is 9.59 Å². The lowest BCUT2D eigenvalue weighted by Gasteiger charge is -1.95. The normalized spacial score (nSPS) is 32.6. The molecular weight excluding hydrogens is 132 g/mol. The largest absolute Gasteiger partial charge is 0.454 e. The maximum absolute atomic E-state index is 11.0. The molecule has 1 aliphatic heterocycles. The van der Waals surface area contributed by atoms with Gasteiger partial charge in [-0.15, -0.1) is 0 Å². The first-order valence-corrected chi connectivity index (χ1v) is 3.41. The van der Waals surface area contributed by atoms with Crippen molar-refractivity contribution in [2.45, 2.75) is 26.4 Å². The second-order valence-corrected chi connectivity index (χ2v) is 2.44. The third-order valence-electron chi connectivity index (χ3n) is 1.73. The van der Waals surface area contributed by atoms with E-state index in [1.807, 2.05) is 6.92 Å². The molecule has 0 bridgehead atoms. The predicted octanol–water partition coefficient (Wildman–Crippen LogP) is 0.527. The Hall–Kier alpha value is -0.860. The fourth-order valence-electron chi connectivity index (χ4n) is 1.08. The van der Waals surface area contributed by atoms with Crippen LogP contribution in [0.25, 0.3) is 0 Å². The highest BCUT2D eigenvalue weighted by molar-refractivity contribution is 6.06. The molecule has 0 aliphatic carbocycles. The Morgan fingerprint density at radius 1 is 1.50 bits per heavy atom. The van der Waals surface area contributed by atoms with E-state index in [4.69, 9.17) is 0 Å². The van der Waals surface area contributed by atoms with Crippen molar-refractivity contribution in [2.75, 3.05) is 0 Å². The molecule has 0 amide bonds. The van der Waals surface area contributed by atoms with E-state index >= 15 is 0 Å². The van der Waals surface area contributed by atoms with Gasteiger partial charge in [0.25, 0.3) is 0 Å². The van der Waals surface area contributed by atoms with E-state index in [0.29, 0.717) is 6.42 Å². The van der Waals surface area contributed by atoms with E-state index in [2.05, 4.69) is 4.74 Å². The molecule has 2 atom stereocenters. The standard InChI is InChI=1S/C7H10O3/c1-3-5-6(8)4(2)10-7(5)9/h4-5H,3H2,1-2H3/t4-,5+/m0/s1. The third kappa shape index (κ3) is 0.916. The van der Waals surface area contributed by atoms with Crippen molar-refractivity contribution in [3.63, 3.8) is 0 Å². The molecule has 56 valence electrons. The average Bonchev–Trinajstić information content (AvgIpc) is 2.09. The lowest BCUT2D eigenvalue weighted by atomic mass is 10.0. The summed E-state index contributed by atoms with van der Waals surface area (Å²) >= 11 is 0. The third-order valence-corrected chi connectivity index (χ3v) is 1.73. The number of hydrogen-bond acceptors (Lipinski definition) is 3. The summed E-state index contributed by atoms with van der Waals surface area (Å²) in [5.74, 6) is -0.928. The first-order chi connectivity index (χ1) is 4.66. The molecule has 3 heteroatoms. The highest BCUT2D eigenvalue weighted by Crippen LogP contribution is 2.19. The molecule has 0 radical (unpaired) electrons. The van der Waals surface area contributed by atoms with Crippen molar-refractivity contribution in [2.24, 2.45) is 5.92 Å². The summed E-state index contributed by atoms with van der Waals surface area (Å²) in [5, 5.41) is 0. The van der Waals surface area contributed by atoms with Crippen molar-refractivity contribution < 1.29 is 14.3 Å². The van der Waals surface area contributed by atoms with Crippen LogP contribution in [0, 0.1) is 5.92 Å². The van der Waals surface area contributed by atoms with Crippen LogP contribution in [0.2, 0.25) is 0 Å². The molecule has 10 heavy (non-hydrogen) atoms. The molecule has 0 aromatic heterocycles. The smallest absolute Gasteiger partial charge is 0.317 e. The van der Waals surface area contributed by atoms with E-state index < -0.39 is 12.0 Å². The number of cyclic esters (lactones) is 1. The number of ether oxygens (including phenoxy) is 1. The van der Waals surface area contributed by atoms with Gasteiger partial charge in [0.2, 0.25) is 0 Å². The van der Waals surface area contributed by atoms with E-state index in [1.54, 1.807) is 6.92 Å². The topological polar surface area (TPSA) is 43.4 Å². The van der Waals surface area contributed by atoms with Crippen molar-refractivity contribution in [3.8, 4) is 0 Å². The second kappa shape index (κ2) is 2.40. The Balaban J connectivity index is 2.74. The predicted molar refractivity (Wildman–Crippen MR) is 34.3 cm³/mol. The zero-order valence-electron chi connectivity index (χ0n) is 6.09. The first kappa shape index (κ1) is 7.25. The summed E-state index contributed by atoms with van der Waals surface area (Å²) in [4.78, 5) is 21.8. The Kier molecular flexibility index (Phi) is 1.74. The maximum atomic E-state index is 11.0. The molecule has 1 aliphatic rings. The number of ketones is 1.